The number of rotatable bonds is 6. The summed E-state index contributed by atoms with van der Waals surface area (Å²) in [4.78, 5) is 11.4. The zero-order chi connectivity index (χ0) is 16.2. The van der Waals surface area contributed by atoms with Gasteiger partial charge in [0.15, 0.2) is 0 Å². The Bertz CT molecular complexity index is 531. The molecule has 0 saturated heterocycles. The molecule has 0 unspecified atom stereocenters. The molecule has 1 aromatic carbocycles. The smallest absolute Gasteiger partial charge is 0.379 e. The van der Waals surface area contributed by atoms with Crippen molar-refractivity contribution in [3.05, 3.63) is 22.2 Å². The Balaban J connectivity index is 0.00000441. The van der Waals surface area contributed by atoms with Gasteiger partial charge in [0.1, 0.15) is 17.5 Å². The lowest BCUT2D eigenvalue weighted by Gasteiger charge is -2.24. The highest BCUT2D eigenvalue weighted by Gasteiger charge is 2.49. The zero-order valence-corrected chi connectivity index (χ0v) is 14.6. The first-order chi connectivity index (χ1) is 9.79. The lowest BCUT2D eigenvalue weighted by atomic mass is 10.00. The van der Waals surface area contributed by atoms with E-state index >= 15 is 0 Å². The first kappa shape index (κ1) is 20.9. The van der Waals surface area contributed by atoms with Gasteiger partial charge in [-0.05, 0) is 35.0 Å². The number of alkyl halides is 2. The first-order valence-corrected chi connectivity index (χ1v) is 6.80. The van der Waals surface area contributed by atoms with E-state index in [9.17, 15) is 13.6 Å². The van der Waals surface area contributed by atoms with Crippen LogP contribution in [-0.2, 0) is 9.53 Å². The molecule has 1 aromatic rings. The molecule has 9 heteroatoms. The van der Waals surface area contributed by atoms with Crippen molar-refractivity contribution in [2.75, 3.05) is 20.8 Å². The molecule has 126 valence electrons. The second kappa shape index (κ2) is 8.50. The van der Waals surface area contributed by atoms with Crippen LogP contribution in [0, 0.1) is 0 Å². The SMILES string of the molecule is CCOC(=O)C(F)(F)[C@@H](N)c1cc(OC)c(Br)cc1OC.Cl. The third-order valence-electron chi connectivity index (χ3n) is 2.78. The summed E-state index contributed by atoms with van der Waals surface area (Å²) in [6.45, 7) is 1.27. The molecule has 5 nitrogen and oxygen atoms in total. The highest BCUT2D eigenvalue weighted by molar-refractivity contribution is 9.10. The molecule has 0 aliphatic carbocycles. The molecule has 2 N–H and O–H groups in total. The summed E-state index contributed by atoms with van der Waals surface area (Å²) in [5, 5.41) is 0. The maximum absolute atomic E-state index is 14.0. The van der Waals surface area contributed by atoms with E-state index in [0.717, 1.165) is 0 Å². The van der Waals surface area contributed by atoms with Gasteiger partial charge in [-0.2, -0.15) is 8.78 Å². The second-order valence-corrected chi connectivity index (χ2v) is 4.90. The Labute approximate surface area is 141 Å². The predicted molar refractivity (Wildman–Crippen MR) is 83.0 cm³/mol. The summed E-state index contributed by atoms with van der Waals surface area (Å²) in [6.07, 6.45) is 0. The van der Waals surface area contributed by atoms with E-state index in [0.29, 0.717) is 10.2 Å². The summed E-state index contributed by atoms with van der Waals surface area (Å²) in [6, 6.07) is 0.809. The number of halogens is 4. The van der Waals surface area contributed by atoms with Crippen molar-refractivity contribution in [1.29, 1.82) is 0 Å². The number of ether oxygens (including phenoxy) is 3. The van der Waals surface area contributed by atoms with Crippen molar-refractivity contribution >= 4 is 34.3 Å². The van der Waals surface area contributed by atoms with Gasteiger partial charge in [-0.3, -0.25) is 0 Å². The molecule has 0 amide bonds. The van der Waals surface area contributed by atoms with Gasteiger partial charge in [0.2, 0.25) is 0 Å². The minimum absolute atomic E-state index is 0. The van der Waals surface area contributed by atoms with Crippen molar-refractivity contribution < 1.29 is 27.8 Å². The molecule has 0 heterocycles. The van der Waals surface area contributed by atoms with E-state index in [1.165, 1.54) is 33.3 Å². The van der Waals surface area contributed by atoms with Crippen molar-refractivity contribution in [3.8, 4) is 11.5 Å². The number of esters is 1. The minimum atomic E-state index is -3.89. The van der Waals surface area contributed by atoms with Crippen LogP contribution in [0.2, 0.25) is 0 Å². The molecule has 1 rings (SSSR count). The number of nitrogens with two attached hydrogens (primary N) is 1. The number of carbonyl (C=O) groups excluding carboxylic acids is 1. The quantitative estimate of drug-likeness (QED) is 0.738. The summed E-state index contributed by atoms with van der Waals surface area (Å²) >= 11 is 3.21. The van der Waals surface area contributed by atoms with Gasteiger partial charge in [0, 0.05) is 5.56 Å². The van der Waals surface area contributed by atoms with Gasteiger partial charge in [0.25, 0.3) is 0 Å². The van der Waals surface area contributed by atoms with Crippen LogP contribution in [0.3, 0.4) is 0 Å². The fourth-order valence-electron chi connectivity index (χ4n) is 1.68. The molecular weight excluding hydrogens is 387 g/mol. The fraction of sp³-hybridized carbons (Fsp3) is 0.462. The van der Waals surface area contributed by atoms with Crippen LogP contribution in [0.15, 0.2) is 16.6 Å². The first-order valence-electron chi connectivity index (χ1n) is 6.01. The molecule has 0 aromatic heterocycles. The molecule has 0 aliphatic heterocycles. The maximum Gasteiger partial charge on any atom is 0.379 e. The third kappa shape index (κ3) is 4.21. The summed E-state index contributed by atoms with van der Waals surface area (Å²) in [5.41, 5.74) is 5.49. The summed E-state index contributed by atoms with van der Waals surface area (Å²) < 4.78 is 43.0. The van der Waals surface area contributed by atoms with Crippen molar-refractivity contribution in [2.45, 2.75) is 18.9 Å². The molecule has 0 spiro atoms. The van der Waals surface area contributed by atoms with Crippen molar-refractivity contribution in [3.63, 3.8) is 0 Å². The molecule has 0 saturated carbocycles. The number of methoxy groups -OCH3 is 2. The van der Waals surface area contributed by atoms with Crippen LogP contribution in [0.1, 0.15) is 18.5 Å². The lowest BCUT2D eigenvalue weighted by molar-refractivity contribution is -0.174. The Kier molecular flexibility index (Phi) is 8.06. The molecule has 0 radical (unpaired) electrons. The Hall–Kier alpha value is -1.12. The van der Waals surface area contributed by atoms with Crippen molar-refractivity contribution in [1.82, 2.24) is 0 Å². The lowest BCUT2D eigenvalue weighted by Crippen LogP contribution is -2.41. The van der Waals surface area contributed by atoms with Crippen LogP contribution in [0.4, 0.5) is 8.78 Å². The maximum atomic E-state index is 14.0. The summed E-state index contributed by atoms with van der Waals surface area (Å²) in [7, 11) is 2.69. The topological polar surface area (TPSA) is 70.8 Å². The molecule has 22 heavy (non-hydrogen) atoms. The van der Waals surface area contributed by atoms with Gasteiger partial charge >= 0.3 is 11.9 Å². The fourth-order valence-corrected chi connectivity index (χ4v) is 2.16. The zero-order valence-electron chi connectivity index (χ0n) is 12.2. The van der Waals surface area contributed by atoms with Crippen LogP contribution in [0.5, 0.6) is 11.5 Å². The van der Waals surface area contributed by atoms with Crippen LogP contribution in [-0.4, -0.2) is 32.7 Å². The standard InChI is InChI=1S/C13H16BrF2NO4.ClH/c1-4-21-12(18)13(15,16)11(17)7-5-10(20-3)8(14)6-9(7)19-2;/h5-6,11H,4,17H2,1-3H3;1H/t11-;/m0./s1. The van der Waals surface area contributed by atoms with Gasteiger partial charge in [-0.1, -0.05) is 0 Å². The molecule has 1 atom stereocenters. The van der Waals surface area contributed by atoms with E-state index in [-0.39, 0.29) is 30.3 Å². The number of benzene rings is 1. The van der Waals surface area contributed by atoms with E-state index in [1.54, 1.807) is 0 Å². The van der Waals surface area contributed by atoms with Gasteiger partial charge < -0.3 is 19.9 Å². The van der Waals surface area contributed by atoms with Gasteiger partial charge in [0.05, 0.1) is 25.3 Å². The molecular formula is C13H17BrClF2NO4. The van der Waals surface area contributed by atoms with Crippen LogP contribution in [0.25, 0.3) is 0 Å². The van der Waals surface area contributed by atoms with Crippen LogP contribution < -0.4 is 15.2 Å². The second-order valence-electron chi connectivity index (χ2n) is 4.05. The monoisotopic (exact) mass is 403 g/mol. The largest absolute Gasteiger partial charge is 0.496 e. The van der Waals surface area contributed by atoms with Gasteiger partial charge in [-0.25, -0.2) is 4.79 Å². The average Bonchev–Trinajstić information content (AvgIpc) is 2.46. The van der Waals surface area contributed by atoms with E-state index in [2.05, 4.69) is 20.7 Å². The average molecular weight is 405 g/mol. The Morgan fingerprint density at radius 1 is 1.32 bits per heavy atom. The highest BCUT2D eigenvalue weighted by Crippen LogP contribution is 2.40. The predicted octanol–water partition coefficient (Wildman–Crippen LogP) is 3.09. The van der Waals surface area contributed by atoms with Crippen LogP contribution >= 0.6 is 28.3 Å². The number of hydrogen-bond donors (Lipinski definition) is 1. The highest BCUT2D eigenvalue weighted by atomic mass is 79.9. The molecule has 0 fully saturated rings. The van der Waals surface area contributed by atoms with E-state index in [1.807, 2.05) is 0 Å². The Morgan fingerprint density at radius 2 is 1.86 bits per heavy atom. The van der Waals surface area contributed by atoms with E-state index in [4.69, 9.17) is 15.2 Å². The minimum Gasteiger partial charge on any atom is -0.496 e. The molecule has 0 aliphatic rings. The van der Waals surface area contributed by atoms with E-state index < -0.39 is 17.9 Å². The summed E-state index contributed by atoms with van der Waals surface area (Å²) in [5.74, 6) is -5.16. The third-order valence-corrected chi connectivity index (χ3v) is 3.40. The molecule has 0 bridgehead atoms. The van der Waals surface area contributed by atoms with Crippen molar-refractivity contribution in [2.24, 2.45) is 5.73 Å². The normalized spacial score (nSPS) is 12.1. The van der Waals surface area contributed by atoms with Gasteiger partial charge in [-0.15, -0.1) is 12.4 Å². The number of carbonyl (C=O) groups is 1. The Morgan fingerprint density at radius 3 is 2.32 bits per heavy atom. The number of hydrogen-bond acceptors (Lipinski definition) is 5.